The first-order chi connectivity index (χ1) is 6.18. The van der Waals surface area contributed by atoms with E-state index in [0.717, 1.165) is 15.9 Å². The lowest BCUT2D eigenvalue weighted by atomic mass is 10.5. The highest BCUT2D eigenvalue weighted by Crippen LogP contribution is 2.27. The molecule has 0 saturated heterocycles. The molecule has 7 heteroatoms. The number of halogens is 3. The van der Waals surface area contributed by atoms with E-state index in [2.05, 4.69) is 21.0 Å². The Labute approximate surface area is 92.1 Å². The normalized spacial score (nSPS) is 15.9. The smallest absolute Gasteiger partial charge is 0.227 e. The third kappa shape index (κ3) is 4.87. The first-order valence-corrected chi connectivity index (χ1v) is 6.19. The maximum absolute atomic E-state index is 11.6. The molecule has 2 nitrogen and oxygen atoms in total. The Hall–Kier alpha value is 0.250. The molecule has 0 aliphatic carbocycles. The topological polar surface area (TPSA) is 15.6 Å². The van der Waals surface area contributed by atoms with Gasteiger partial charge in [0.2, 0.25) is 0 Å². The van der Waals surface area contributed by atoms with Gasteiger partial charge in [0.15, 0.2) is 3.95 Å². The average Bonchev–Trinajstić information content (AvgIpc) is 2.45. The van der Waals surface area contributed by atoms with E-state index in [4.69, 9.17) is 0 Å². The zero-order valence-corrected chi connectivity index (χ0v) is 9.76. The van der Waals surface area contributed by atoms with Gasteiger partial charge in [0, 0.05) is 5.75 Å². The van der Waals surface area contributed by atoms with Gasteiger partial charge in [-0.05, 0) is 40.4 Å². The first-order valence-electron chi connectivity index (χ1n) is 3.47. The molecule has 74 valence electrons. The number of rotatable bonds is 4. The van der Waals surface area contributed by atoms with Crippen molar-refractivity contribution in [3.8, 4) is 0 Å². The molecule has 1 aliphatic rings. The van der Waals surface area contributed by atoms with Gasteiger partial charge < -0.3 is 0 Å². The number of hydrogen-bond acceptors (Lipinski definition) is 4. The van der Waals surface area contributed by atoms with Crippen molar-refractivity contribution in [3.63, 3.8) is 0 Å². The Balaban J connectivity index is 2.10. The van der Waals surface area contributed by atoms with E-state index in [0.29, 0.717) is 12.2 Å². The van der Waals surface area contributed by atoms with Crippen LogP contribution in [0.4, 0.5) is 8.78 Å². The molecule has 0 saturated carbocycles. The number of nitrogens with zero attached hydrogens (tertiary/aromatic N) is 2. The van der Waals surface area contributed by atoms with Crippen molar-refractivity contribution in [1.29, 1.82) is 0 Å². The highest BCUT2D eigenvalue weighted by molar-refractivity contribution is 9.22. The van der Waals surface area contributed by atoms with E-state index < -0.39 is 6.08 Å². The number of allylic oxidation sites excluding steroid dienone is 1. The summed E-state index contributed by atoms with van der Waals surface area (Å²) < 4.78 is 25.8. The quantitative estimate of drug-likeness (QED) is 0.582. The van der Waals surface area contributed by atoms with E-state index in [1.807, 2.05) is 0 Å². The van der Waals surface area contributed by atoms with Crippen LogP contribution in [0, 0.1) is 0 Å². The lowest BCUT2D eigenvalue weighted by Crippen LogP contribution is -2.02. The monoisotopic (exact) mass is 288 g/mol. The molecular formula is C6H7BrF2N2S2. The molecule has 0 aromatic carbocycles. The number of hydrogen-bond donors (Lipinski definition) is 0. The molecule has 0 amide bonds. The summed E-state index contributed by atoms with van der Waals surface area (Å²) in [6.07, 6.45) is -0.308. The summed E-state index contributed by atoms with van der Waals surface area (Å²) in [6, 6.07) is 0. The number of hydrazone groups is 1. The summed E-state index contributed by atoms with van der Waals surface area (Å²) in [5.41, 5.74) is 0. The van der Waals surface area contributed by atoms with Gasteiger partial charge in [-0.2, -0.15) is 13.9 Å². The van der Waals surface area contributed by atoms with Gasteiger partial charge in [0.25, 0.3) is 6.08 Å². The Morgan fingerprint density at radius 3 is 3.08 bits per heavy atom. The van der Waals surface area contributed by atoms with Crippen molar-refractivity contribution in [3.05, 3.63) is 12.2 Å². The molecule has 0 aromatic rings. The molecule has 1 aliphatic heterocycles. The van der Waals surface area contributed by atoms with E-state index in [9.17, 15) is 8.78 Å². The van der Waals surface area contributed by atoms with Crippen molar-refractivity contribution in [2.75, 3.05) is 11.6 Å². The summed E-state index contributed by atoms with van der Waals surface area (Å²) in [6.45, 7) is 0. The summed E-state index contributed by atoms with van der Waals surface area (Å²) in [4.78, 5) is 0. The molecule has 0 unspecified atom stereocenters. The first kappa shape index (κ1) is 11.3. The molecule has 0 aromatic heterocycles. The Morgan fingerprint density at radius 2 is 2.54 bits per heavy atom. The Kier molecular flexibility index (Phi) is 5.12. The number of thioether (sulfide) groups is 1. The van der Waals surface area contributed by atoms with Gasteiger partial charge >= 0.3 is 0 Å². The fourth-order valence-corrected chi connectivity index (χ4v) is 2.76. The molecule has 0 bridgehead atoms. The molecule has 0 fully saturated rings. The van der Waals surface area contributed by atoms with Crippen LogP contribution in [0.15, 0.2) is 17.3 Å². The zero-order chi connectivity index (χ0) is 9.68. The SMILES string of the molecule is FC(F)=CCCSN1CSC(Br)=N1. The maximum atomic E-state index is 11.6. The minimum absolute atomic E-state index is 0.376. The van der Waals surface area contributed by atoms with Gasteiger partial charge in [-0.25, -0.2) is 4.41 Å². The van der Waals surface area contributed by atoms with Crippen molar-refractivity contribution >= 4 is 43.6 Å². The predicted molar refractivity (Wildman–Crippen MR) is 58.0 cm³/mol. The molecule has 0 spiro atoms. The second-order valence-electron chi connectivity index (χ2n) is 2.09. The highest BCUT2D eigenvalue weighted by Gasteiger charge is 2.12. The van der Waals surface area contributed by atoms with Gasteiger partial charge in [-0.3, -0.25) is 0 Å². The van der Waals surface area contributed by atoms with Crippen molar-refractivity contribution < 1.29 is 8.78 Å². The van der Waals surface area contributed by atoms with Crippen LogP contribution in [-0.4, -0.2) is 20.0 Å². The Morgan fingerprint density at radius 1 is 1.77 bits per heavy atom. The summed E-state index contributed by atoms with van der Waals surface area (Å²) >= 11 is 6.26. The van der Waals surface area contributed by atoms with Crippen molar-refractivity contribution in [2.45, 2.75) is 6.42 Å². The fourth-order valence-electron chi connectivity index (χ4n) is 0.646. The largest absolute Gasteiger partial charge is 0.266 e. The summed E-state index contributed by atoms with van der Waals surface area (Å²) in [7, 11) is 0. The second-order valence-corrected chi connectivity index (χ2v) is 5.39. The third-order valence-electron chi connectivity index (χ3n) is 1.14. The highest BCUT2D eigenvalue weighted by atomic mass is 79.9. The van der Waals surface area contributed by atoms with E-state index in [1.165, 1.54) is 11.9 Å². The second kappa shape index (κ2) is 5.87. The lowest BCUT2D eigenvalue weighted by Gasteiger charge is -2.08. The molecule has 1 heterocycles. The van der Waals surface area contributed by atoms with Gasteiger partial charge in [-0.15, -0.1) is 0 Å². The predicted octanol–water partition coefficient (Wildman–Crippen LogP) is 3.48. The van der Waals surface area contributed by atoms with Crippen LogP contribution in [0.5, 0.6) is 0 Å². The molecule has 0 atom stereocenters. The van der Waals surface area contributed by atoms with Crippen LogP contribution >= 0.6 is 39.6 Å². The van der Waals surface area contributed by atoms with Crippen LogP contribution in [-0.2, 0) is 0 Å². The minimum atomic E-state index is -1.61. The third-order valence-corrected chi connectivity index (χ3v) is 3.77. The zero-order valence-electron chi connectivity index (χ0n) is 6.54. The fraction of sp³-hybridized carbons (Fsp3) is 0.500. The van der Waals surface area contributed by atoms with E-state index in [-0.39, 0.29) is 0 Å². The van der Waals surface area contributed by atoms with Crippen LogP contribution < -0.4 is 0 Å². The van der Waals surface area contributed by atoms with Crippen molar-refractivity contribution in [1.82, 2.24) is 4.41 Å². The molecule has 0 N–H and O–H groups in total. The summed E-state index contributed by atoms with van der Waals surface area (Å²) in [5, 5.41) is 4.09. The maximum Gasteiger partial charge on any atom is 0.266 e. The van der Waals surface area contributed by atoms with Gasteiger partial charge in [-0.1, -0.05) is 11.8 Å². The average molecular weight is 289 g/mol. The van der Waals surface area contributed by atoms with Crippen LogP contribution in [0.3, 0.4) is 0 Å². The van der Waals surface area contributed by atoms with Crippen molar-refractivity contribution in [2.24, 2.45) is 5.10 Å². The molecule has 0 radical (unpaired) electrons. The van der Waals surface area contributed by atoms with E-state index in [1.54, 1.807) is 16.2 Å². The Bertz CT molecular complexity index is 231. The standard InChI is InChI=1S/C6H7BrF2N2S2/c7-6-10-11(4-12-6)13-3-1-2-5(8)9/h2H,1,3-4H2. The summed E-state index contributed by atoms with van der Waals surface area (Å²) in [5.74, 6) is 1.40. The molecule has 13 heavy (non-hydrogen) atoms. The molecule has 1 rings (SSSR count). The van der Waals surface area contributed by atoms with E-state index >= 15 is 0 Å². The lowest BCUT2D eigenvalue weighted by molar-refractivity contribution is 0.418. The van der Waals surface area contributed by atoms with Gasteiger partial charge in [0.1, 0.15) is 5.88 Å². The van der Waals surface area contributed by atoms with Gasteiger partial charge in [0.05, 0.1) is 0 Å². The van der Waals surface area contributed by atoms with Crippen LogP contribution in [0.2, 0.25) is 0 Å². The van der Waals surface area contributed by atoms with Crippen LogP contribution in [0.25, 0.3) is 0 Å². The van der Waals surface area contributed by atoms with Crippen LogP contribution in [0.1, 0.15) is 6.42 Å². The minimum Gasteiger partial charge on any atom is -0.227 e. The molecular weight excluding hydrogens is 282 g/mol.